The first kappa shape index (κ1) is 10.9. The molecule has 0 spiro atoms. The van der Waals surface area contributed by atoms with Gasteiger partial charge in [0, 0.05) is 19.6 Å². The lowest BCUT2D eigenvalue weighted by molar-refractivity contribution is 0.0325. The molecule has 1 aliphatic heterocycles. The zero-order chi connectivity index (χ0) is 10.7. The van der Waals surface area contributed by atoms with Crippen molar-refractivity contribution in [3.63, 3.8) is 0 Å². The van der Waals surface area contributed by atoms with Gasteiger partial charge < -0.3 is 9.30 Å². The molecule has 15 heavy (non-hydrogen) atoms. The van der Waals surface area contributed by atoms with Gasteiger partial charge in [0.05, 0.1) is 19.8 Å². The first-order valence-electron chi connectivity index (χ1n) is 5.22. The fourth-order valence-corrected chi connectivity index (χ4v) is 2.03. The van der Waals surface area contributed by atoms with E-state index >= 15 is 0 Å². The van der Waals surface area contributed by atoms with E-state index in [2.05, 4.69) is 34.6 Å². The smallest absolute Gasteiger partial charge is 0.188 e. The second-order valence-corrected chi connectivity index (χ2v) is 3.95. The van der Waals surface area contributed by atoms with Gasteiger partial charge in [-0.3, -0.25) is 4.90 Å². The van der Waals surface area contributed by atoms with E-state index in [1.54, 1.807) is 0 Å². The number of morpholine rings is 1. The van der Waals surface area contributed by atoms with Crippen LogP contribution in [0.2, 0.25) is 0 Å². The molecule has 84 valence electrons. The summed E-state index contributed by atoms with van der Waals surface area (Å²) < 4.78 is 7.33. The molecule has 6 heteroatoms. The third-order valence-corrected chi connectivity index (χ3v) is 2.92. The predicted octanol–water partition coefficient (Wildman–Crippen LogP) is 0.419. The highest BCUT2D eigenvalue weighted by atomic mass is 32.1. The van der Waals surface area contributed by atoms with Crippen molar-refractivity contribution in [2.75, 3.05) is 26.3 Å². The van der Waals surface area contributed by atoms with Crippen molar-refractivity contribution in [3.8, 4) is 0 Å². The van der Waals surface area contributed by atoms with E-state index in [4.69, 9.17) is 4.74 Å². The summed E-state index contributed by atoms with van der Waals surface area (Å²) in [6.07, 6.45) is 0. The molecule has 0 amide bonds. The van der Waals surface area contributed by atoms with Crippen LogP contribution in [0.3, 0.4) is 0 Å². The maximum Gasteiger partial charge on any atom is 0.188 e. The molecule has 1 aromatic heterocycles. The Hall–Kier alpha value is -0.590. The van der Waals surface area contributed by atoms with Crippen LogP contribution < -0.4 is 0 Å². The van der Waals surface area contributed by atoms with Gasteiger partial charge in [-0.1, -0.05) is 0 Å². The highest BCUT2D eigenvalue weighted by Gasteiger charge is 2.15. The van der Waals surface area contributed by atoms with Gasteiger partial charge >= 0.3 is 0 Å². The average Bonchev–Trinajstić information content (AvgIpc) is 2.61. The first-order chi connectivity index (χ1) is 7.31. The summed E-state index contributed by atoms with van der Waals surface area (Å²) in [6, 6.07) is 0. The SMILES string of the molecule is CCn1c(S)nnc1CN1CCOCC1. The Morgan fingerprint density at radius 3 is 2.73 bits per heavy atom. The molecule has 0 N–H and O–H groups in total. The standard InChI is InChI=1S/C9H16N4OS/c1-2-13-8(10-11-9(13)15)7-12-3-5-14-6-4-12/h2-7H2,1H3,(H,11,15). The fourth-order valence-electron chi connectivity index (χ4n) is 1.73. The van der Waals surface area contributed by atoms with Crippen molar-refractivity contribution < 1.29 is 4.74 Å². The summed E-state index contributed by atoms with van der Waals surface area (Å²) in [4.78, 5) is 2.33. The van der Waals surface area contributed by atoms with Gasteiger partial charge in [-0.2, -0.15) is 0 Å². The van der Waals surface area contributed by atoms with Gasteiger partial charge in [0.2, 0.25) is 0 Å². The summed E-state index contributed by atoms with van der Waals surface area (Å²) in [7, 11) is 0. The molecular weight excluding hydrogens is 212 g/mol. The molecule has 0 aliphatic carbocycles. The van der Waals surface area contributed by atoms with Crippen LogP contribution in [0, 0.1) is 0 Å². The number of nitrogens with zero attached hydrogens (tertiary/aromatic N) is 4. The van der Waals surface area contributed by atoms with Crippen LogP contribution in [0.15, 0.2) is 5.16 Å². The van der Waals surface area contributed by atoms with Gasteiger partial charge in [0.15, 0.2) is 5.16 Å². The van der Waals surface area contributed by atoms with Crippen molar-refractivity contribution >= 4 is 12.6 Å². The van der Waals surface area contributed by atoms with E-state index < -0.39 is 0 Å². The minimum Gasteiger partial charge on any atom is -0.379 e. The molecule has 0 saturated carbocycles. The summed E-state index contributed by atoms with van der Waals surface area (Å²) >= 11 is 4.26. The van der Waals surface area contributed by atoms with Crippen LogP contribution in [0.1, 0.15) is 12.7 Å². The lowest BCUT2D eigenvalue weighted by Gasteiger charge is -2.26. The Morgan fingerprint density at radius 1 is 1.33 bits per heavy atom. The summed E-state index contributed by atoms with van der Waals surface area (Å²) in [6.45, 7) is 7.35. The molecule has 2 rings (SSSR count). The lowest BCUT2D eigenvalue weighted by Crippen LogP contribution is -2.36. The van der Waals surface area contributed by atoms with Crippen molar-refractivity contribution in [1.82, 2.24) is 19.7 Å². The molecule has 1 saturated heterocycles. The Balaban J connectivity index is 2.02. The lowest BCUT2D eigenvalue weighted by atomic mass is 10.4. The van der Waals surface area contributed by atoms with E-state index in [1.165, 1.54) is 0 Å². The van der Waals surface area contributed by atoms with Crippen LogP contribution in [0.4, 0.5) is 0 Å². The number of hydrogen-bond acceptors (Lipinski definition) is 5. The molecule has 0 aromatic carbocycles. The highest BCUT2D eigenvalue weighted by Crippen LogP contribution is 2.09. The van der Waals surface area contributed by atoms with E-state index in [0.29, 0.717) is 5.16 Å². The van der Waals surface area contributed by atoms with Crippen molar-refractivity contribution in [1.29, 1.82) is 0 Å². The number of rotatable bonds is 3. The molecule has 0 unspecified atom stereocenters. The normalized spacial score (nSPS) is 18.3. The van der Waals surface area contributed by atoms with Crippen LogP contribution in [0.5, 0.6) is 0 Å². The molecule has 1 fully saturated rings. The van der Waals surface area contributed by atoms with Gasteiger partial charge in [-0.15, -0.1) is 22.8 Å². The van der Waals surface area contributed by atoms with Gasteiger partial charge in [-0.05, 0) is 6.92 Å². The average molecular weight is 228 g/mol. The molecule has 0 radical (unpaired) electrons. The zero-order valence-electron chi connectivity index (χ0n) is 8.89. The third kappa shape index (κ3) is 2.50. The fraction of sp³-hybridized carbons (Fsp3) is 0.778. The number of ether oxygens (including phenoxy) is 1. The predicted molar refractivity (Wildman–Crippen MR) is 59.0 cm³/mol. The summed E-state index contributed by atoms with van der Waals surface area (Å²) in [5.74, 6) is 0.990. The van der Waals surface area contributed by atoms with Gasteiger partial charge in [0.1, 0.15) is 5.82 Å². The monoisotopic (exact) mass is 228 g/mol. The number of thiol groups is 1. The maximum atomic E-state index is 5.30. The second-order valence-electron chi connectivity index (χ2n) is 3.55. The van der Waals surface area contributed by atoms with Crippen molar-refractivity contribution in [2.24, 2.45) is 0 Å². The van der Waals surface area contributed by atoms with Gasteiger partial charge in [0.25, 0.3) is 0 Å². The third-order valence-electron chi connectivity index (χ3n) is 2.59. The van der Waals surface area contributed by atoms with Crippen LogP contribution >= 0.6 is 12.6 Å². The van der Waals surface area contributed by atoms with Crippen molar-refractivity contribution in [3.05, 3.63) is 5.82 Å². The van der Waals surface area contributed by atoms with Crippen LogP contribution in [-0.4, -0.2) is 46.0 Å². The number of aromatic nitrogens is 3. The zero-order valence-corrected chi connectivity index (χ0v) is 9.78. The minimum absolute atomic E-state index is 0.695. The van der Waals surface area contributed by atoms with Crippen LogP contribution in [-0.2, 0) is 17.8 Å². The molecule has 2 heterocycles. The Morgan fingerprint density at radius 2 is 2.07 bits per heavy atom. The van der Waals surface area contributed by atoms with E-state index in [1.807, 2.05) is 4.57 Å². The van der Waals surface area contributed by atoms with Gasteiger partial charge in [-0.25, -0.2) is 0 Å². The van der Waals surface area contributed by atoms with Crippen molar-refractivity contribution in [2.45, 2.75) is 25.2 Å². The topological polar surface area (TPSA) is 43.2 Å². The molecule has 0 atom stereocenters. The molecule has 1 aliphatic rings. The Labute approximate surface area is 94.8 Å². The molecule has 5 nitrogen and oxygen atoms in total. The summed E-state index contributed by atoms with van der Waals surface area (Å²) in [5.41, 5.74) is 0. The molecule has 1 aromatic rings. The van der Waals surface area contributed by atoms with E-state index in [0.717, 1.165) is 45.2 Å². The maximum absolute atomic E-state index is 5.30. The number of hydrogen-bond donors (Lipinski definition) is 1. The Kier molecular flexibility index (Phi) is 3.61. The summed E-state index contributed by atoms with van der Waals surface area (Å²) in [5, 5.41) is 8.80. The minimum atomic E-state index is 0.695. The van der Waals surface area contributed by atoms with Crippen LogP contribution in [0.25, 0.3) is 0 Å². The highest BCUT2D eigenvalue weighted by molar-refractivity contribution is 7.80. The van der Waals surface area contributed by atoms with E-state index in [-0.39, 0.29) is 0 Å². The Bertz CT molecular complexity index is 322. The largest absolute Gasteiger partial charge is 0.379 e. The quantitative estimate of drug-likeness (QED) is 0.761. The molecule has 0 bridgehead atoms. The van der Waals surface area contributed by atoms with E-state index in [9.17, 15) is 0 Å². The molecular formula is C9H16N4OS. The second kappa shape index (κ2) is 4.96. The first-order valence-corrected chi connectivity index (χ1v) is 5.67.